The van der Waals surface area contributed by atoms with Crippen molar-refractivity contribution in [2.24, 2.45) is 60.5 Å². The van der Waals surface area contributed by atoms with Crippen molar-refractivity contribution in [3.63, 3.8) is 0 Å². The van der Waals surface area contributed by atoms with Gasteiger partial charge in [-0.25, -0.2) is 4.98 Å². The van der Waals surface area contributed by atoms with E-state index in [4.69, 9.17) is 40.1 Å². The fraction of sp³-hybridized carbons (Fsp3) is 0.588. The summed E-state index contributed by atoms with van der Waals surface area (Å²) in [7, 11) is 3.12. The number of unbranched alkanes of at least 4 members (excludes halogenated alkanes) is 1. The molecule has 2 aromatic rings. The predicted octanol–water partition coefficient (Wildman–Crippen LogP) is -4.00. The first-order chi connectivity index (χ1) is 37.9. The topological polar surface area (TPSA) is 471 Å². The number of benzene rings is 1. The largest absolute Gasteiger partial charge is 0.370 e. The van der Waals surface area contributed by atoms with Crippen LogP contribution in [-0.4, -0.2) is 186 Å². The maximum absolute atomic E-state index is 14.8. The lowest BCUT2D eigenvalue weighted by Crippen LogP contribution is -2.59. The molecule has 1 fully saturated rings. The Morgan fingerprint density at radius 1 is 0.713 bits per heavy atom. The van der Waals surface area contributed by atoms with Crippen molar-refractivity contribution in [1.29, 1.82) is 0 Å². The molecule has 442 valence electrons. The molecule has 1 aromatic heterocycles. The number of nitrogens with zero attached hydrogens (tertiary/aromatic N) is 7. The zero-order valence-corrected chi connectivity index (χ0v) is 46.4. The highest BCUT2D eigenvalue weighted by molar-refractivity contribution is 6.05. The molecule has 80 heavy (non-hydrogen) atoms. The Balaban J connectivity index is 1.94. The Kier molecular flexibility index (Phi) is 27.7. The third-order valence-electron chi connectivity index (χ3n) is 13.1. The van der Waals surface area contributed by atoms with Crippen molar-refractivity contribution < 1.29 is 43.2 Å². The second kappa shape index (κ2) is 33.7. The first-order valence-corrected chi connectivity index (χ1v) is 26.7. The van der Waals surface area contributed by atoms with Crippen molar-refractivity contribution in [1.82, 2.24) is 51.3 Å². The average molecular weight is 1120 g/mol. The number of imidazole rings is 1. The molecular weight excluding hydrogens is 1040 g/mol. The Bertz CT molecular complexity index is 2460. The number of hydrogen-bond donors (Lipinski definition) is 13. The van der Waals surface area contributed by atoms with E-state index < -0.39 is 82.9 Å². The molecule has 3 rings (SSSR count). The molecule has 1 aliphatic rings. The predicted molar refractivity (Wildman–Crippen MR) is 300 cm³/mol. The molecular formula is C51H84N20O9. The van der Waals surface area contributed by atoms with Crippen LogP contribution in [0.1, 0.15) is 95.7 Å². The van der Waals surface area contributed by atoms with Crippen molar-refractivity contribution in [3.8, 4) is 0 Å². The molecule has 9 amide bonds. The monoisotopic (exact) mass is 1120 g/mol. The van der Waals surface area contributed by atoms with E-state index >= 15 is 0 Å². The van der Waals surface area contributed by atoms with Gasteiger partial charge in [0.15, 0.2) is 17.9 Å². The summed E-state index contributed by atoms with van der Waals surface area (Å²) >= 11 is 0. The van der Waals surface area contributed by atoms with Gasteiger partial charge in [0, 0.05) is 78.1 Å². The number of nitrogens with two attached hydrogens (primary N) is 7. The van der Waals surface area contributed by atoms with Crippen LogP contribution in [0.3, 0.4) is 0 Å². The van der Waals surface area contributed by atoms with E-state index in [1.807, 2.05) is 30.3 Å². The van der Waals surface area contributed by atoms with Crippen molar-refractivity contribution in [2.75, 3.05) is 59.9 Å². The lowest BCUT2D eigenvalue weighted by Gasteiger charge is -2.32. The zero-order valence-electron chi connectivity index (χ0n) is 46.4. The van der Waals surface area contributed by atoms with E-state index in [-0.39, 0.29) is 121 Å². The van der Waals surface area contributed by atoms with Crippen LogP contribution in [0, 0.1) is 5.41 Å². The van der Waals surface area contributed by atoms with Gasteiger partial charge in [0.2, 0.25) is 53.2 Å². The Morgan fingerprint density at radius 2 is 1.29 bits per heavy atom. The first kappa shape index (κ1) is 65.8. The van der Waals surface area contributed by atoms with Gasteiger partial charge in [0.05, 0.1) is 12.9 Å². The van der Waals surface area contributed by atoms with Gasteiger partial charge in [0.1, 0.15) is 35.6 Å². The highest BCUT2D eigenvalue weighted by Gasteiger charge is 2.42. The lowest BCUT2D eigenvalue weighted by molar-refractivity contribution is -0.144. The number of carbonyl (C=O) groups is 9. The van der Waals surface area contributed by atoms with Crippen LogP contribution in [0.15, 0.2) is 57.8 Å². The zero-order chi connectivity index (χ0) is 59.4. The molecule has 0 saturated carbocycles. The van der Waals surface area contributed by atoms with Crippen LogP contribution in [-0.2, 0) is 56.0 Å². The number of guanidine groups is 3. The number of aromatic nitrogens is 2. The van der Waals surface area contributed by atoms with Crippen molar-refractivity contribution in [3.05, 3.63) is 54.1 Å². The van der Waals surface area contributed by atoms with E-state index in [0.29, 0.717) is 32.1 Å². The smallest absolute Gasteiger partial charge is 0.245 e. The van der Waals surface area contributed by atoms with Gasteiger partial charge in [-0.05, 0) is 90.0 Å². The van der Waals surface area contributed by atoms with Gasteiger partial charge in [-0.3, -0.25) is 58.1 Å². The Morgan fingerprint density at radius 3 is 1.86 bits per heavy atom. The van der Waals surface area contributed by atoms with Crippen LogP contribution < -0.4 is 66.7 Å². The molecule has 0 bridgehead atoms. The summed E-state index contributed by atoms with van der Waals surface area (Å²) in [6.45, 7) is 3.16. The molecule has 2 heterocycles. The molecule has 0 aliphatic carbocycles. The summed E-state index contributed by atoms with van der Waals surface area (Å²) < 4.78 is 0. The molecule has 1 aromatic carbocycles. The SMILES string of the molecule is CN(C)C(=O)CN(CCc1ccccc1)C(=O)[C@H](CCCN=C(N)N)NC(=O)[C@H](CCCN=C(N)N)NC(=O)[C@@H]1CCCN1C(=O)[C@H](CCCCN=C(N)N)NC(=O)[C@H](CCC(N)=O)NC(=O)C(C)(C)C(=O)NCCc1cnc[nH]1. The number of hydrogen-bond acceptors (Lipinski definition) is 13. The first-order valence-electron chi connectivity index (χ1n) is 26.7. The van der Waals surface area contributed by atoms with Crippen LogP contribution in [0.2, 0.25) is 0 Å². The Hall–Kier alpha value is -8.53. The summed E-state index contributed by atoms with van der Waals surface area (Å²) in [5.74, 6) is -6.75. The summed E-state index contributed by atoms with van der Waals surface area (Å²) in [6, 6.07) is 2.88. The molecule has 1 saturated heterocycles. The lowest BCUT2D eigenvalue weighted by atomic mass is 9.90. The Labute approximate surface area is 466 Å². The minimum atomic E-state index is -1.71. The number of H-pyrrole nitrogens is 1. The quantitative estimate of drug-likeness (QED) is 0.0135. The van der Waals surface area contributed by atoms with E-state index in [2.05, 4.69) is 51.5 Å². The standard InChI is InChI=1S/C51H84N20O9/c1-51(2,46(79)60-26-21-33-29-59-31-64-33)47(80)68-35(19-20-39(52)72)42(75)67-37(15-8-9-23-61-48(53)54)45(78)71-27-12-18-38(71)43(76)65-34(16-10-24-62-49(55)56)41(74)66-36(17-11-25-63-50(57)58)44(77)70(30-40(73)69(3)4)28-22-32-13-6-5-7-14-32/h5-7,13-14,29,31,34-38H,8-12,15-28,30H2,1-4H3,(H2,52,72)(H,59,64)(H,60,79)(H,65,76)(H,66,74)(H,67,75)(H,68,80)(H4,53,54,61)(H4,55,56,62)(H4,57,58,63)/t34-,35-,36-,37-,38-/m0/s1. The molecule has 29 heteroatoms. The van der Waals surface area contributed by atoms with Gasteiger partial charge in [-0.1, -0.05) is 30.3 Å². The van der Waals surface area contributed by atoms with Gasteiger partial charge >= 0.3 is 0 Å². The van der Waals surface area contributed by atoms with Gasteiger partial charge < -0.3 is 86.4 Å². The third-order valence-corrected chi connectivity index (χ3v) is 13.1. The number of aliphatic imine (C=N–C) groups is 3. The number of rotatable bonds is 35. The normalized spacial score (nSPS) is 14.4. The highest BCUT2D eigenvalue weighted by atomic mass is 16.2. The summed E-state index contributed by atoms with van der Waals surface area (Å²) in [5.41, 5.74) is 38.7. The van der Waals surface area contributed by atoms with Gasteiger partial charge in [-0.15, -0.1) is 0 Å². The second-order valence-corrected chi connectivity index (χ2v) is 20.1. The van der Waals surface area contributed by atoms with Crippen LogP contribution in [0.25, 0.3) is 0 Å². The maximum Gasteiger partial charge on any atom is 0.245 e. The molecule has 20 N–H and O–H groups in total. The molecule has 29 nitrogen and oxygen atoms in total. The summed E-state index contributed by atoms with van der Waals surface area (Å²) in [4.78, 5) is 148. The summed E-state index contributed by atoms with van der Waals surface area (Å²) in [6.07, 6.45) is 4.83. The fourth-order valence-corrected chi connectivity index (χ4v) is 8.43. The molecule has 0 radical (unpaired) electrons. The van der Waals surface area contributed by atoms with Crippen molar-refractivity contribution >= 4 is 71.0 Å². The number of primary amides is 1. The van der Waals surface area contributed by atoms with Crippen LogP contribution >= 0.6 is 0 Å². The molecule has 1 aliphatic heterocycles. The molecule has 5 atom stereocenters. The summed E-state index contributed by atoms with van der Waals surface area (Å²) in [5, 5.41) is 13.6. The molecule has 0 unspecified atom stereocenters. The second-order valence-electron chi connectivity index (χ2n) is 20.1. The number of carbonyl (C=O) groups excluding carboxylic acids is 9. The fourth-order valence-electron chi connectivity index (χ4n) is 8.43. The minimum absolute atomic E-state index is 0.00700. The molecule has 0 spiro atoms. The highest BCUT2D eigenvalue weighted by Crippen LogP contribution is 2.22. The van der Waals surface area contributed by atoms with Gasteiger partial charge in [0.25, 0.3) is 0 Å². The number of amides is 9. The van der Waals surface area contributed by atoms with Crippen LogP contribution in [0.5, 0.6) is 0 Å². The van der Waals surface area contributed by atoms with E-state index in [1.165, 1.54) is 34.9 Å². The average Bonchev–Trinajstić information content (AvgIpc) is 4.13. The number of aromatic amines is 1. The van der Waals surface area contributed by atoms with Crippen LogP contribution in [0.4, 0.5) is 0 Å². The van der Waals surface area contributed by atoms with Gasteiger partial charge in [-0.2, -0.15) is 0 Å². The number of likely N-dealkylation sites (N-methyl/N-ethyl adjacent to an activating group) is 1. The minimum Gasteiger partial charge on any atom is -0.370 e. The third kappa shape index (κ3) is 23.2. The van der Waals surface area contributed by atoms with E-state index in [9.17, 15) is 43.2 Å². The number of likely N-dealkylation sites (tertiary alicyclic amines) is 1. The number of nitrogens with one attached hydrogen (secondary N) is 6. The van der Waals surface area contributed by atoms with E-state index in [1.54, 1.807) is 20.3 Å². The maximum atomic E-state index is 14.8. The van der Waals surface area contributed by atoms with E-state index in [0.717, 1.165) is 11.3 Å². The van der Waals surface area contributed by atoms with Crippen molar-refractivity contribution in [2.45, 2.75) is 128 Å².